The highest BCUT2D eigenvalue weighted by molar-refractivity contribution is 5.94. The smallest absolute Gasteiger partial charge is 0.314 e. The number of carbonyl (C=O) groups excluding carboxylic acids is 1. The standard InChI is InChI=1S/C19H18F2N4O3/c1-27-11-10-25(12-15-4-2-3-9-22-15)19(26)14-7-5-13(6-8-14)17-23-24-18(28-17)16(20)21/h2-9,16H,10-12H2,1H3. The van der Waals surface area contributed by atoms with Gasteiger partial charge in [0.05, 0.1) is 18.8 Å². The molecule has 0 spiro atoms. The van der Waals surface area contributed by atoms with E-state index in [4.69, 9.17) is 9.15 Å². The largest absolute Gasteiger partial charge is 0.415 e. The van der Waals surface area contributed by atoms with Crippen molar-refractivity contribution in [2.45, 2.75) is 13.0 Å². The summed E-state index contributed by atoms with van der Waals surface area (Å²) in [6.45, 7) is 1.12. The first-order valence-corrected chi connectivity index (χ1v) is 8.48. The lowest BCUT2D eigenvalue weighted by Crippen LogP contribution is -2.33. The summed E-state index contributed by atoms with van der Waals surface area (Å²) >= 11 is 0. The summed E-state index contributed by atoms with van der Waals surface area (Å²) in [6, 6.07) is 11.8. The van der Waals surface area contributed by atoms with Crippen molar-refractivity contribution >= 4 is 5.91 Å². The van der Waals surface area contributed by atoms with Crippen molar-refractivity contribution in [1.82, 2.24) is 20.1 Å². The van der Waals surface area contributed by atoms with Crippen molar-refractivity contribution in [3.05, 3.63) is 65.8 Å². The van der Waals surface area contributed by atoms with Crippen LogP contribution in [0.4, 0.5) is 8.78 Å². The summed E-state index contributed by atoms with van der Waals surface area (Å²) in [5, 5.41) is 6.89. The molecule has 9 heteroatoms. The van der Waals surface area contributed by atoms with Crippen LogP contribution in [0.25, 0.3) is 11.5 Å². The Balaban J connectivity index is 1.76. The molecule has 1 aromatic carbocycles. The molecule has 0 atom stereocenters. The predicted molar refractivity (Wildman–Crippen MR) is 95.5 cm³/mol. The average molecular weight is 388 g/mol. The number of benzene rings is 1. The quantitative estimate of drug-likeness (QED) is 0.589. The fraction of sp³-hybridized carbons (Fsp3) is 0.263. The Morgan fingerprint density at radius 2 is 1.96 bits per heavy atom. The second-order valence-corrected chi connectivity index (χ2v) is 5.86. The van der Waals surface area contributed by atoms with Gasteiger partial charge in [-0.3, -0.25) is 9.78 Å². The van der Waals surface area contributed by atoms with Crippen LogP contribution in [0.5, 0.6) is 0 Å². The fourth-order valence-corrected chi connectivity index (χ4v) is 2.52. The third-order valence-electron chi connectivity index (χ3n) is 3.94. The number of alkyl halides is 2. The summed E-state index contributed by atoms with van der Waals surface area (Å²) in [5.74, 6) is -0.969. The minimum absolute atomic E-state index is 0.0287. The van der Waals surface area contributed by atoms with Gasteiger partial charge in [-0.25, -0.2) is 0 Å². The van der Waals surface area contributed by atoms with Gasteiger partial charge in [0, 0.05) is 31.0 Å². The SMILES string of the molecule is COCCN(Cc1ccccn1)C(=O)c1ccc(-c2nnc(C(F)F)o2)cc1. The molecule has 0 saturated heterocycles. The summed E-state index contributed by atoms with van der Waals surface area (Å²) < 4.78 is 35.2. The van der Waals surface area contributed by atoms with Gasteiger partial charge in [-0.15, -0.1) is 10.2 Å². The molecule has 0 radical (unpaired) electrons. The number of ether oxygens (including phenoxy) is 1. The van der Waals surface area contributed by atoms with Gasteiger partial charge in [0.15, 0.2) is 0 Å². The number of rotatable bonds is 8. The van der Waals surface area contributed by atoms with Gasteiger partial charge in [-0.05, 0) is 36.4 Å². The molecule has 2 aromatic heterocycles. The number of nitrogens with zero attached hydrogens (tertiary/aromatic N) is 4. The van der Waals surface area contributed by atoms with Crippen LogP contribution in [0.3, 0.4) is 0 Å². The maximum absolute atomic E-state index is 12.9. The molecule has 3 rings (SSSR count). The zero-order valence-corrected chi connectivity index (χ0v) is 15.1. The van der Waals surface area contributed by atoms with Crippen LogP contribution in [-0.4, -0.2) is 46.2 Å². The second kappa shape index (κ2) is 9.14. The minimum Gasteiger partial charge on any atom is -0.415 e. The van der Waals surface area contributed by atoms with E-state index in [9.17, 15) is 13.6 Å². The second-order valence-electron chi connectivity index (χ2n) is 5.86. The van der Waals surface area contributed by atoms with Crippen molar-refractivity contribution in [3.8, 4) is 11.5 Å². The zero-order chi connectivity index (χ0) is 19.9. The van der Waals surface area contributed by atoms with E-state index in [-0.39, 0.29) is 11.8 Å². The fourth-order valence-electron chi connectivity index (χ4n) is 2.52. The Morgan fingerprint density at radius 1 is 1.18 bits per heavy atom. The number of halogens is 2. The summed E-state index contributed by atoms with van der Waals surface area (Å²) in [4.78, 5) is 18.8. The molecular weight excluding hydrogens is 370 g/mol. The number of carbonyl (C=O) groups is 1. The number of aromatic nitrogens is 3. The van der Waals surface area contributed by atoms with E-state index in [0.717, 1.165) is 5.69 Å². The molecule has 0 unspecified atom stereocenters. The highest BCUT2D eigenvalue weighted by atomic mass is 19.3. The van der Waals surface area contributed by atoms with Crippen molar-refractivity contribution in [3.63, 3.8) is 0 Å². The topological polar surface area (TPSA) is 81.4 Å². The van der Waals surface area contributed by atoms with Crippen molar-refractivity contribution in [2.24, 2.45) is 0 Å². The molecule has 146 valence electrons. The molecule has 0 aliphatic heterocycles. The third kappa shape index (κ3) is 4.74. The van der Waals surface area contributed by atoms with Gasteiger partial charge >= 0.3 is 6.43 Å². The molecule has 0 aliphatic carbocycles. The van der Waals surface area contributed by atoms with E-state index in [1.54, 1.807) is 48.5 Å². The number of hydrogen-bond acceptors (Lipinski definition) is 6. The van der Waals surface area contributed by atoms with E-state index in [0.29, 0.717) is 30.8 Å². The van der Waals surface area contributed by atoms with Gasteiger partial charge in [-0.1, -0.05) is 6.07 Å². The predicted octanol–water partition coefficient (Wildman–Crippen LogP) is 3.36. The molecule has 2 heterocycles. The molecule has 0 fully saturated rings. The minimum atomic E-state index is -2.83. The van der Waals surface area contributed by atoms with Crippen LogP contribution in [0.2, 0.25) is 0 Å². The van der Waals surface area contributed by atoms with Crippen LogP contribution in [-0.2, 0) is 11.3 Å². The van der Waals surface area contributed by atoms with E-state index in [2.05, 4.69) is 15.2 Å². The van der Waals surface area contributed by atoms with Crippen LogP contribution in [0, 0.1) is 0 Å². The number of methoxy groups -OCH3 is 1. The third-order valence-corrected chi connectivity index (χ3v) is 3.94. The van der Waals surface area contributed by atoms with Gasteiger partial charge in [0.2, 0.25) is 5.89 Å². The Kier molecular flexibility index (Phi) is 6.38. The van der Waals surface area contributed by atoms with Crippen molar-refractivity contribution in [1.29, 1.82) is 0 Å². The van der Waals surface area contributed by atoms with Crippen molar-refractivity contribution in [2.75, 3.05) is 20.3 Å². The Morgan fingerprint density at radius 3 is 2.57 bits per heavy atom. The molecule has 0 N–H and O–H groups in total. The van der Waals surface area contributed by atoms with E-state index < -0.39 is 12.3 Å². The highest BCUT2D eigenvalue weighted by Gasteiger charge is 2.19. The Hall–Kier alpha value is -3.20. The molecule has 28 heavy (non-hydrogen) atoms. The highest BCUT2D eigenvalue weighted by Crippen LogP contribution is 2.23. The molecule has 1 amide bonds. The number of pyridine rings is 1. The molecule has 0 aliphatic rings. The van der Waals surface area contributed by atoms with Gasteiger partial charge in [0.25, 0.3) is 11.8 Å². The van der Waals surface area contributed by atoms with Crippen molar-refractivity contribution < 1.29 is 22.7 Å². The van der Waals surface area contributed by atoms with E-state index in [1.807, 2.05) is 12.1 Å². The van der Waals surface area contributed by atoms with E-state index >= 15 is 0 Å². The van der Waals surface area contributed by atoms with Crippen LogP contribution < -0.4 is 0 Å². The van der Waals surface area contributed by atoms with Crippen LogP contribution >= 0.6 is 0 Å². The van der Waals surface area contributed by atoms with E-state index in [1.165, 1.54) is 0 Å². The first kappa shape index (κ1) is 19.6. The van der Waals surface area contributed by atoms with Gasteiger partial charge < -0.3 is 14.1 Å². The lowest BCUT2D eigenvalue weighted by molar-refractivity contribution is 0.0678. The number of amides is 1. The lowest BCUT2D eigenvalue weighted by atomic mass is 10.1. The molecule has 3 aromatic rings. The Bertz CT molecular complexity index is 901. The van der Waals surface area contributed by atoms with Gasteiger partial charge in [0.1, 0.15) is 0 Å². The van der Waals surface area contributed by atoms with Gasteiger partial charge in [-0.2, -0.15) is 8.78 Å². The maximum atomic E-state index is 12.9. The maximum Gasteiger partial charge on any atom is 0.314 e. The monoisotopic (exact) mass is 388 g/mol. The summed E-state index contributed by atoms with van der Waals surface area (Å²) in [5.41, 5.74) is 1.64. The average Bonchev–Trinajstić information content (AvgIpc) is 3.22. The molecule has 7 nitrogen and oxygen atoms in total. The van der Waals surface area contributed by atoms with Crippen LogP contribution in [0.15, 0.2) is 53.1 Å². The summed E-state index contributed by atoms with van der Waals surface area (Å²) in [7, 11) is 1.57. The first-order valence-electron chi connectivity index (χ1n) is 8.48. The first-order chi connectivity index (χ1) is 13.6. The zero-order valence-electron chi connectivity index (χ0n) is 15.1. The Labute approximate surface area is 160 Å². The molecule has 0 bridgehead atoms. The normalized spacial score (nSPS) is 11.0. The van der Waals surface area contributed by atoms with Crippen LogP contribution in [0.1, 0.15) is 28.4 Å². The molecule has 0 saturated carbocycles. The number of hydrogen-bond donors (Lipinski definition) is 0. The lowest BCUT2D eigenvalue weighted by Gasteiger charge is -2.22. The molecular formula is C19H18F2N4O3. The summed E-state index contributed by atoms with van der Waals surface area (Å²) in [6.07, 6.45) is -1.16.